The number of hydrogen-bond acceptors (Lipinski definition) is 2. The molecule has 0 bridgehead atoms. The molecule has 0 unspecified atom stereocenters. The highest BCUT2D eigenvalue weighted by atomic mass is 32.1. The van der Waals surface area contributed by atoms with Crippen LogP contribution in [-0.2, 0) is 11.3 Å². The van der Waals surface area contributed by atoms with E-state index in [-0.39, 0.29) is 28.3 Å². The monoisotopic (exact) mass is 299 g/mol. The first-order valence-corrected chi connectivity index (χ1v) is 6.74. The first-order valence-electron chi connectivity index (χ1n) is 6.33. The first kappa shape index (κ1) is 14.6. The van der Waals surface area contributed by atoms with Gasteiger partial charge in [0.1, 0.15) is 17.9 Å². The van der Waals surface area contributed by atoms with Gasteiger partial charge in [0, 0.05) is 19.2 Å². The van der Waals surface area contributed by atoms with Crippen LogP contribution >= 0.6 is 12.2 Å². The van der Waals surface area contributed by atoms with Gasteiger partial charge in [-0.3, -0.25) is 4.79 Å². The van der Waals surface area contributed by atoms with Crippen molar-refractivity contribution in [1.29, 1.82) is 0 Å². The number of imidazole rings is 1. The molecule has 0 radical (unpaired) electrons. The number of hydrogen-bond donors (Lipinski definition) is 1. The average Bonchev–Trinajstić information content (AvgIpc) is 2.69. The summed E-state index contributed by atoms with van der Waals surface area (Å²) >= 11 is 5.08. The number of benzene rings is 1. The van der Waals surface area contributed by atoms with Crippen LogP contribution in [0.2, 0.25) is 0 Å². The molecule has 0 saturated carbocycles. The Morgan fingerprint density at radius 1 is 1.35 bits per heavy atom. The molecule has 0 aliphatic rings. The van der Waals surface area contributed by atoms with Crippen LogP contribution in [0.5, 0.6) is 0 Å². The van der Waals surface area contributed by atoms with Crippen molar-refractivity contribution in [2.24, 2.45) is 0 Å². The van der Waals surface area contributed by atoms with E-state index in [1.54, 1.807) is 4.90 Å². The number of aromatic amines is 1. The summed E-state index contributed by atoms with van der Waals surface area (Å²) in [6.45, 7) is 4.86. The molecule has 20 heavy (non-hydrogen) atoms. The Kier molecular flexibility index (Phi) is 4.17. The zero-order valence-electron chi connectivity index (χ0n) is 11.2. The Labute approximate surface area is 120 Å². The smallest absolute Gasteiger partial charge is 0.242 e. The van der Waals surface area contributed by atoms with Gasteiger partial charge in [-0.2, -0.15) is 0 Å². The molecule has 4 nitrogen and oxygen atoms in total. The van der Waals surface area contributed by atoms with E-state index < -0.39 is 11.6 Å². The highest BCUT2D eigenvalue weighted by Crippen LogP contribution is 2.19. The van der Waals surface area contributed by atoms with E-state index in [0.717, 1.165) is 6.07 Å². The molecule has 1 aromatic heterocycles. The van der Waals surface area contributed by atoms with Gasteiger partial charge in [0.2, 0.25) is 5.91 Å². The summed E-state index contributed by atoms with van der Waals surface area (Å²) in [7, 11) is 0. The number of fused-ring (bicyclic) bond motifs is 1. The van der Waals surface area contributed by atoms with Gasteiger partial charge in [-0.25, -0.2) is 8.78 Å². The lowest BCUT2D eigenvalue weighted by Crippen LogP contribution is -2.33. The third-order valence-corrected chi connectivity index (χ3v) is 3.53. The van der Waals surface area contributed by atoms with Gasteiger partial charge >= 0.3 is 0 Å². The van der Waals surface area contributed by atoms with Crippen molar-refractivity contribution in [3.8, 4) is 0 Å². The summed E-state index contributed by atoms with van der Waals surface area (Å²) in [4.78, 5) is 16.4. The van der Waals surface area contributed by atoms with E-state index in [1.807, 2.05) is 13.8 Å². The molecule has 108 valence electrons. The zero-order valence-corrected chi connectivity index (χ0v) is 12.1. The molecule has 0 atom stereocenters. The fourth-order valence-corrected chi connectivity index (χ4v) is 2.41. The van der Waals surface area contributed by atoms with Gasteiger partial charge in [-0.1, -0.05) is 0 Å². The Hall–Kier alpha value is -1.76. The summed E-state index contributed by atoms with van der Waals surface area (Å²) in [6.07, 6.45) is 0. The first-order chi connectivity index (χ1) is 9.47. The Balaban J connectivity index is 2.47. The highest BCUT2D eigenvalue weighted by Gasteiger charge is 2.15. The number of aromatic nitrogens is 2. The number of rotatable bonds is 4. The molecular formula is C13H15F2N3OS. The molecule has 2 rings (SSSR count). The van der Waals surface area contributed by atoms with Crippen LogP contribution in [0.25, 0.3) is 11.0 Å². The molecule has 1 amide bonds. The van der Waals surface area contributed by atoms with Gasteiger partial charge in [0.25, 0.3) is 0 Å². The number of H-pyrrole nitrogens is 1. The second-order valence-electron chi connectivity index (χ2n) is 4.36. The summed E-state index contributed by atoms with van der Waals surface area (Å²) in [5.74, 6) is -1.56. The lowest BCUT2D eigenvalue weighted by atomic mass is 10.3. The van der Waals surface area contributed by atoms with E-state index >= 15 is 0 Å². The van der Waals surface area contributed by atoms with Gasteiger partial charge < -0.3 is 14.5 Å². The standard InChI is InChI=1S/C13H15F2N3OS/c1-3-17(4-2)11(19)7-18-10-6-8(14)5-9(15)12(10)16-13(18)20/h5-6H,3-4,7H2,1-2H3,(H,16,20). The molecule has 0 saturated heterocycles. The van der Waals surface area contributed by atoms with Gasteiger partial charge in [0.05, 0.1) is 5.52 Å². The molecule has 1 aromatic carbocycles. The van der Waals surface area contributed by atoms with Crippen LogP contribution in [0.4, 0.5) is 8.78 Å². The lowest BCUT2D eigenvalue weighted by Gasteiger charge is -2.18. The van der Waals surface area contributed by atoms with Crippen LogP contribution < -0.4 is 0 Å². The molecule has 2 aromatic rings. The highest BCUT2D eigenvalue weighted by molar-refractivity contribution is 7.71. The predicted octanol–water partition coefficient (Wildman–Crippen LogP) is 2.85. The minimum absolute atomic E-state index is 0.0383. The van der Waals surface area contributed by atoms with Crippen LogP contribution in [0, 0.1) is 16.4 Å². The Morgan fingerprint density at radius 3 is 2.60 bits per heavy atom. The maximum Gasteiger partial charge on any atom is 0.242 e. The second kappa shape index (κ2) is 5.70. The van der Waals surface area contributed by atoms with Crippen molar-refractivity contribution in [1.82, 2.24) is 14.5 Å². The normalized spacial score (nSPS) is 11.0. The molecular weight excluding hydrogens is 284 g/mol. The number of nitrogens with zero attached hydrogens (tertiary/aromatic N) is 2. The van der Waals surface area contributed by atoms with Crippen molar-refractivity contribution >= 4 is 29.2 Å². The number of likely N-dealkylation sites (N-methyl/N-ethyl adjacent to an activating group) is 1. The molecule has 1 N–H and O–H groups in total. The number of carbonyl (C=O) groups excluding carboxylic acids is 1. The SMILES string of the molecule is CCN(CC)C(=O)Cn1c(=S)[nH]c2c(F)cc(F)cc21. The topological polar surface area (TPSA) is 41.0 Å². The average molecular weight is 299 g/mol. The van der Waals surface area contributed by atoms with E-state index in [0.29, 0.717) is 13.1 Å². The maximum absolute atomic E-state index is 13.6. The minimum Gasteiger partial charge on any atom is -0.342 e. The van der Waals surface area contributed by atoms with Crippen molar-refractivity contribution in [3.63, 3.8) is 0 Å². The quantitative estimate of drug-likeness (QED) is 0.882. The molecule has 0 spiro atoms. The van der Waals surface area contributed by atoms with Gasteiger partial charge in [-0.15, -0.1) is 0 Å². The van der Waals surface area contributed by atoms with E-state index in [9.17, 15) is 13.6 Å². The fourth-order valence-electron chi connectivity index (χ4n) is 2.15. The van der Waals surface area contributed by atoms with Crippen LogP contribution in [-0.4, -0.2) is 33.4 Å². The van der Waals surface area contributed by atoms with E-state index in [2.05, 4.69) is 4.98 Å². The largest absolute Gasteiger partial charge is 0.342 e. The molecule has 0 aliphatic carbocycles. The predicted molar refractivity (Wildman–Crippen MR) is 75.0 cm³/mol. The Morgan fingerprint density at radius 2 is 2.00 bits per heavy atom. The summed E-state index contributed by atoms with van der Waals surface area (Å²) in [5.41, 5.74) is 0.372. The molecule has 0 aliphatic heterocycles. The summed E-state index contributed by atoms with van der Waals surface area (Å²) in [6, 6.07) is 1.95. The zero-order chi connectivity index (χ0) is 14.9. The summed E-state index contributed by atoms with van der Waals surface area (Å²) in [5, 5.41) is 0. The number of carbonyl (C=O) groups is 1. The van der Waals surface area contributed by atoms with Crippen molar-refractivity contribution < 1.29 is 13.6 Å². The third kappa shape index (κ3) is 2.58. The Bertz CT molecular complexity index is 703. The minimum atomic E-state index is -0.722. The fraction of sp³-hybridized carbons (Fsp3) is 0.385. The van der Waals surface area contributed by atoms with E-state index in [1.165, 1.54) is 10.6 Å². The maximum atomic E-state index is 13.6. The molecule has 0 fully saturated rings. The van der Waals surface area contributed by atoms with E-state index in [4.69, 9.17) is 12.2 Å². The van der Waals surface area contributed by atoms with Gasteiger partial charge in [0.15, 0.2) is 10.6 Å². The lowest BCUT2D eigenvalue weighted by molar-refractivity contribution is -0.131. The number of amides is 1. The van der Waals surface area contributed by atoms with Crippen LogP contribution in [0.15, 0.2) is 12.1 Å². The third-order valence-electron chi connectivity index (χ3n) is 3.21. The second-order valence-corrected chi connectivity index (χ2v) is 4.75. The number of nitrogens with one attached hydrogen (secondary N) is 1. The van der Waals surface area contributed by atoms with Crippen molar-refractivity contribution in [2.75, 3.05) is 13.1 Å². The van der Waals surface area contributed by atoms with Crippen LogP contribution in [0.1, 0.15) is 13.8 Å². The van der Waals surface area contributed by atoms with Crippen LogP contribution in [0.3, 0.4) is 0 Å². The van der Waals surface area contributed by atoms with Crippen molar-refractivity contribution in [3.05, 3.63) is 28.5 Å². The van der Waals surface area contributed by atoms with Gasteiger partial charge in [-0.05, 0) is 32.1 Å². The van der Waals surface area contributed by atoms with Crippen molar-refractivity contribution in [2.45, 2.75) is 20.4 Å². The molecule has 7 heteroatoms. The summed E-state index contributed by atoms with van der Waals surface area (Å²) < 4.78 is 28.6. The number of halogens is 2. The molecule has 1 heterocycles.